The van der Waals surface area contributed by atoms with Gasteiger partial charge in [-0.25, -0.2) is 9.21 Å². The van der Waals surface area contributed by atoms with Crippen molar-refractivity contribution in [3.05, 3.63) is 94.0 Å². The molecule has 40 heavy (non-hydrogen) atoms. The maximum absolute atomic E-state index is 13.1. The Bertz CT molecular complexity index is 1340. The second-order valence-corrected chi connectivity index (χ2v) is 10.0. The lowest BCUT2D eigenvalue weighted by Gasteiger charge is -2.22. The van der Waals surface area contributed by atoms with E-state index in [-0.39, 0.29) is 13.0 Å². The first-order valence-corrected chi connectivity index (χ1v) is 13.3. The number of carbonyl (C=O) groups excluding carboxylic acids is 2. The average Bonchev–Trinajstić information content (AvgIpc) is 3.34. The lowest BCUT2D eigenvalue weighted by molar-refractivity contribution is -0.144. The van der Waals surface area contributed by atoms with Gasteiger partial charge in [-0.15, -0.1) is 0 Å². The van der Waals surface area contributed by atoms with Gasteiger partial charge in [0.25, 0.3) is 11.8 Å². The van der Waals surface area contributed by atoms with Crippen molar-refractivity contribution in [2.45, 2.75) is 44.5 Å². The van der Waals surface area contributed by atoms with Crippen LogP contribution in [0.5, 0.6) is 5.75 Å². The predicted octanol–water partition coefficient (Wildman–Crippen LogP) is 5.00. The average molecular weight is 608 g/mol. The Balaban J connectivity index is 1.38. The Morgan fingerprint density at radius 1 is 0.950 bits per heavy atom. The van der Waals surface area contributed by atoms with E-state index in [1.807, 2.05) is 0 Å². The predicted molar refractivity (Wildman–Crippen MR) is 149 cm³/mol. The third kappa shape index (κ3) is 7.24. The van der Waals surface area contributed by atoms with Crippen LogP contribution in [0, 0.1) is 0 Å². The Kier molecular flexibility index (Phi) is 9.89. The van der Waals surface area contributed by atoms with Crippen molar-refractivity contribution in [1.82, 2.24) is 5.32 Å². The summed E-state index contributed by atoms with van der Waals surface area (Å²) in [5, 5.41) is 13.2. The highest BCUT2D eigenvalue weighted by atomic mass is 35.5. The zero-order valence-corrected chi connectivity index (χ0v) is 23.4. The molecule has 1 fully saturated rings. The van der Waals surface area contributed by atoms with Gasteiger partial charge in [-0.1, -0.05) is 59.6 Å². The number of hydrogen-bond acceptors (Lipinski definition) is 6. The van der Waals surface area contributed by atoms with Crippen LogP contribution < -0.4 is 14.5 Å². The molecule has 0 aliphatic carbocycles. The highest BCUT2D eigenvalue weighted by molar-refractivity contribution is 6.37. The van der Waals surface area contributed by atoms with Gasteiger partial charge in [0, 0.05) is 33.8 Å². The Morgan fingerprint density at radius 3 is 2.20 bits per heavy atom. The fraction of sp³-hybridized carbons (Fsp3) is 0.250. The van der Waals surface area contributed by atoms with Crippen molar-refractivity contribution in [3.8, 4) is 5.75 Å². The number of carbonyl (C=O) groups is 3. The van der Waals surface area contributed by atoms with Gasteiger partial charge in [-0.3, -0.25) is 9.59 Å². The van der Waals surface area contributed by atoms with Crippen LogP contribution in [-0.2, 0) is 36.9 Å². The highest BCUT2D eigenvalue weighted by Gasteiger charge is 2.46. The molecule has 0 bridgehead atoms. The van der Waals surface area contributed by atoms with Crippen molar-refractivity contribution >= 4 is 58.4 Å². The van der Waals surface area contributed by atoms with Crippen molar-refractivity contribution in [1.29, 1.82) is 0 Å². The Labute approximate surface area is 245 Å². The summed E-state index contributed by atoms with van der Waals surface area (Å²) in [5.41, 5.74) is 1.65. The first kappa shape index (κ1) is 29.6. The highest BCUT2D eigenvalue weighted by Crippen LogP contribution is 2.27. The molecule has 2 amide bonds. The second kappa shape index (κ2) is 13.3. The SMILES string of the molecule is CC1O[C@@H](C(=O)NC(Cc2ccc(OCc3c(Cl)cccc3Cl)cc2)C(=O)O)[C@H](C(=O)N(Cl)c2ccccc2)O1. The maximum atomic E-state index is 13.1. The fourth-order valence-corrected chi connectivity index (χ4v) is 4.73. The smallest absolute Gasteiger partial charge is 0.326 e. The van der Waals surface area contributed by atoms with Crippen molar-refractivity contribution < 1.29 is 33.7 Å². The number of carboxylic acid groups (broad SMARTS) is 1. The van der Waals surface area contributed by atoms with Crippen LogP contribution in [0.25, 0.3) is 0 Å². The van der Waals surface area contributed by atoms with Crippen LogP contribution in [0.15, 0.2) is 72.8 Å². The lowest BCUT2D eigenvalue weighted by atomic mass is 10.0. The second-order valence-electron chi connectivity index (χ2n) is 8.87. The molecule has 0 radical (unpaired) electrons. The van der Waals surface area contributed by atoms with E-state index in [0.717, 1.165) is 4.42 Å². The minimum absolute atomic E-state index is 0.0366. The molecular weight excluding hydrogens is 583 g/mol. The molecule has 4 atom stereocenters. The minimum atomic E-state index is -1.40. The lowest BCUT2D eigenvalue weighted by Crippen LogP contribution is -2.52. The zero-order valence-electron chi connectivity index (χ0n) is 21.1. The fourth-order valence-electron chi connectivity index (χ4n) is 4.01. The molecule has 12 heteroatoms. The molecule has 0 saturated carbocycles. The summed E-state index contributed by atoms with van der Waals surface area (Å²) in [6.45, 7) is 1.67. The number of nitrogens with zero attached hydrogens (tertiary/aromatic N) is 1. The Morgan fingerprint density at radius 2 is 1.57 bits per heavy atom. The number of halogens is 3. The van der Waals surface area contributed by atoms with Gasteiger partial charge in [0.2, 0.25) is 0 Å². The number of para-hydroxylation sites is 1. The summed E-state index contributed by atoms with van der Waals surface area (Å²) < 4.78 is 17.6. The Hall–Kier alpha value is -3.34. The first-order chi connectivity index (χ1) is 19.1. The van der Waals surface area contributed by atoms with E-state index < -0.39 is 42.3 Å². The summed E-state index contributed by atoms with van der Waals surface area (Å²) in [5.74, 6) is -2.28. The molecule has 0 aromatic heterocycles. The number of nitrogens with one attached hydrogen (secondary N) is 1. The third-order valence-electron chi connectivity index (χ3n) is 6.05. The number of hydrogen-bond donors (Lipinski definition) is 2. The van der Waals surface area contributed by atoms with Crippen LogP contribution in [0.4, 0.5) is 5.69 Å². The number of amides is 2. The van der Waals surface area contributed by atoms with Gasteiger partial charge < -0.3 is 24.6 Å². The number of ether oxygens (including phenoxy) is 3. The van der Waals surface area contributed by atoms with Gasteiger partial charge in [-0.05, 0) is 48.9 Å². The van der Waals surface area contributed by atoms with Crippen LogP contribution in [-0.4, -0.2) is 47.4 Å². The van der Waals surface area contributed by atoms with Crippen LogP contribution >= 0.6 is 35.0 Å². The number of rotatable bonds is 10. The number of anilines is 1. The van der Waals surface area contributed by atoms with Crippen LogP contribution in [0.1, 0.15) is 18.1 Å². The molecule has 3 aromatic rings. The maximum Gasteiger partial charge on any atom is 0.326 e. The topological polar surface area (TPSA) is 114 Å². The van der Waals surface area contributed by atoms with Crippen LogP contribution in [0.2, 0.25) is 10.0 Å². The van der Waals surface area contributed by atoms with E-state index in [4.69, 9.17) is 49.2 Å². The normalized spacial score (nSPS) is 19.1. The first-order valence-electron chi connectivity index (χ1n) is 12.2. The molecule has 2 N–H and O–H groups in total. The minimum Gasteiger partial charge on any atom is -0.489 e. The quantitative estimate of drug-likeness (QED) is 0.312. The molecule has 9 nitrogen and oxygen atoms in total. The zero-order chi connectivity index (χ0) is 28.8. The van der Waals surface area contributed by atoms with Crippen molar-refractivity contribution in [3.63, 3.8) is 0 Å². The van der Waals surface area contributed by atoms with E-state index >= 15 is 0 Å². The molecule has 210 valence electrons. The molecule has 1 heterocycles. The molecule has 0 spiro atoms. The van der Waals surface area contributed by atoms with Gasteiger partial charge in [-0.2, -0.15) is 0 Å². The summed E-state index contributed by atoms with van der Waals surface area (Å²) in [4.78, 5) is 38.0. The standard InChI is InChI=1S/C28H25Cl3N2O7/c1-16-39-24(25(40-16)27(35)33(31)18-6-3-2-4-7-18)26(34)32-23(28(36)37)14-17-10-12-19(13-11-17)38-15-20-21(29)8-5-9-22(20)30/h2-13,16,23-25H,14-15H2,1H3,(H,32,34)(H,36,37)/t16?,23?,24-,25-/m1/s1. The van der Waals surface area contributed by atoms with E-state index in [0.29, 0.717) is 32.6 Å². The number of carboxylic acids is 1. The van der Waals surface area contributed by atoms with Crippen molar-refractivity contribution in [2.24, 2.45) is 0 Å². The molecular formula is C28H25Cl3N2O7. The summed E-state index contributed by atoms with van der Waals surface area (Å²) in [6.07, 6.45) is -3.70. The van der Waals surface area contributed by atoms with Gasteiger partial charge in [0.15, 0.2) is 18.5 Å². The molecule has 1 aliphatic heterocycles. The van der Waals surface area contributed by atoms with Crippen LogP contribution in [0.3, 0.4) is 0 Å². The summed E-state index contributed by atoms with van der Waals surface area (Å²) >= 11 is 18.6. The van der Waals surface area contributed by atoms with E-state index in [9.17, 15) is 19.5 Å². The van der Waals surface area contributed by atoms with E-state index in [1.165, 1.54) is 6.92 Å². The van der Waals surface area contributed by atoms with Gasteiger partial charge >= 0.3 is 5.97 Å². The molecule has 1 saturated heterocycles. The molecule has 2 unspecified atom stereocenters. The molecule has 1 aliphatic rings. The number of aliphatic carboxylic acids is 1. The summed E-state index contributed by atoms with van der Waals surface area (Å²) in [7, 11) is 0. The molecule has 3 aromatic carbocycles. The monoisotopic (exact) mass is 606 g/mol. The van der Waals surface area contributed by atoms with Gasteiger partial charge in [0.05, 0.1) is 5.69 Å². The summed E-state index contributed by atoms with van der Waals surface area (Å²) in [6, 6.07) is 18.9. The van der Waals surface area contributed by atoms with E-state index in [2.05, 4.69) is 5.32 Å². The molecule has 4 rings (SSSR count). The van der Waals surface area contributed by atoms with E-state index in [1.54, 1.807) is 72.8 Å². The van der Waals surface area contributed by atoms with Gasteiger partial charge in [0.1, 0.15) is 18.4 Å². The number of benzene rings is 3. The largest absolute Gasteiger partial charge is 0.489 e. The third-order valence-corrected chi connectivity index (χ3v) is 7.12. The van der Waals surface area contributed by atoms with Crippen molar-refractivity contribution in [2.75, 3.05) is 4.42 Å².